The van der Waals surface area contributed by atoms with Crippen molar-refractivity contribution >= 4 is 11.2 Å². The summed E-state index contributed by atoms with van der Waals surface area (Å²) in [5.41, 5.74) is 4.15. The van der Waals surface area contributed by atoms with Gasteiger partial charge in [0.25, 0.3) is 5.56 Å². The minimum absolute atomic E-state index is 0.158. The van der Waals surface area contributed by atoms with Crippen molar-refractivity contribution < 1.29 is 0 Å². The molecule has 0 amide bonds. The maximum Gasteiger partial charge on any atom is 0.337 e. The molecule has 0 N–H and O–H groups in total. The molecule has 4 rings (SSSR count). The molecule has 2 aromatic carbocycles. The minimum atomic E-state index is -0.350. The van der Waals surface area contributed by atoms with Crippen LogP contribution in [0.2, 0.25) is 0 Å². The van der Waals surface area contributed by atoms with Crippen LogP contribution in [-0.2, 0) is 13.1 Å². The molecule has 2 heterocycles. The number of rotatable bonds is 5. The van der Waals surface area contributed by atoms with Crippen LogP contribution < -0.4 is 11.2 Å². The second-order valence-corrected chi connectivity index (χ2v) is 8.19. The summed E-state index contributed by atoms with van der Waals surface area (Å²) in [4.78, 5) is 31.3. The number of para-hydroxylation sites is 1. The highest BCUT2D eigenvalue weighted by atomic mass is 16.2. The first-order valence-corrected chi connectivity index (χ1v) is 10.2. The molecule has 30 heavy (non-hydrogen) atoms. The SMILES string of the molecule is Cc1ccccc1Cn1cnc2c1c(=O)n(CC(C)C)c(=O)n2-c1ccccc1C. The average molecular weight is 402 g/mol. The first-order valence-electron chi connectivity index (χ1n) is 10.2. The van der Waals surface area contributed by atoms with E-state index in [9.17, 15) is 9.59 Å². The predicted octanol–water partition coefficient (Wildman–Crippen LogP) is 3.67. The van der Waals surface area contributed by atoms with Gasteiger partial charge in [-0.15, -0.1) is 0 Å². The summed E-state index contributed by atoms with van der Waals surface area (Å²) in [7, 11) is 0. The maximum atomic E-state index is 13.4. The molecule has 0 saturated carbocycles. The Bertz CT molecular complexity index is 1340. The van der Waals surface area contributed by atoms with Crippen molar-refractivity contribution in [3.8, 4) is 5.69 Å². The highest BCUT2D eigenvalue weighted by Crippen LogP contribution is 2.18. The molecule has 0 atom stereocenters. The number of imidazole rings is 1. The Morgan fingerprint density at radius 1 is 0.933 bits per heavy atom. The van der Waals surface area contributed by atoms with Gasteiger partial charge in [0.05, 0.1) is 12.0 Å². The van der Waals surface area contributed by atoms with Crippen LogP contribution in [0.15, 0.2) is 64.4 Å². The zero-order valence-corrected chi connectivity index (χ0v) is 17.8. The van der Waals surface area contributed by atoms with Gasteiger partial charge in [-0.1, -0.05) is 56.3 Å². The van der Waals surface area contributed by atoms with E-state index < -0.39 is 0 Å². The zero-order valence-electron chi connectivity index (χ0n) is 17.8. The van der Waals surface area contributed by atoms with Crippen LogP contribution >= 0.6 is 0 Å². The van der Waals surface area contributed by atoms with E-state index in [1.165, 1.54) is 4.57 Å². The van der Waals surface area contributed by atoms with Gasteiger partial charge in [-0.25, -0.2) is 14.3 Å². The number of aromatic nitrogens is 4. The van der Waals surface area contributed by atoms with Gasteiger partial charge >= 0.3 is 5.69 Å². The quantitative estimate of drug-likeness (QED) is 0.512. The fraction of sp³-hybridized carbons (Fsp3) is 0.292. The second-order valence-electron chi connectivity index (χ2n) is 8.19. The number of hydrogen-bond acceptors (Lipinski definition) is 3. The van der Waals surface area contributed by atoms with E-state index >= 15 is 0 Å². The lowest BCUT2D eigenvalue weighted by atomic mass is 10.1. The Hall–Kier alpha value is -3.41. The molecule has 6 heteroatoms. The molecule has 6 nitrogen and oxygen atoms in total. The van der Waals surface area contributed by atoms with Crippen molar-refractivity contribution in [3.63, 3.8) is 0 Å². The molecule has 0 aliphatic rings. The largest absolute Gasteiger partial charge is 0.337 e. The highest BCUT2D eigenvalue weighted by Gasteiger charge is 2.20. The second kappa shape index (κ2) is 7.78. The number of fused-ring (bicyclic) bond motifs is 1. The molecule has 4 aromatic rings. The fourth-order valence-electron chi connectivity index (χ4n) is 3.83. The molecule has 0 aliphatic heterocycles. The number of benzene rings is 2. The molecule has 0 spiro atoms. The van der Waals surface area contributed by atoms with Gasteiger partial charge in [0, 0.05) is 13.1 Å². The van der Waals surface area contributed by atoms with Crippen molar-refractivity contribution in [1.29, 1.82) is 0 Å². The third kappa shape index (κ3) is 3.38. The lowest BCUT2D eigenvalue weighted by Crippen LogP contribution is -2.41. The van der Waals surface area contributed by atoms with E-state index in [0.29, 0.717) is 24.3 Å². The van der Waals surface area contributed by atoms with Crippen LogP contribution in [0.5, 0.6) is 0 Å². The average Bonchev–Trinajstić information content (AvgIpc) is 3.12. The highest BCUT2D eigenvalue weighted by molar-refractivity contribution is 5.73. The predicted molar refractivity (Wildman–Crippen MR) is 119 cm³/mol. The van der Waals surface area contributed by atoms with Crippen molar-refractivity contribution in [3.05, 3.63) is 92.4 Å². The third-order valence-corrected chi connectivity index (χ3v) is 5.41. The molecular weight excluding hydrogens is 376 g/mol. The molecule has 0 aliphatic carbocycles. The van der Waals surface area contributed by atoms with Gasteiger partial charge in [-0.2, -0.15) is 0 Å². The summed E-state index contributed by atoms with van der Waals surface area (Å²) in [5.74, 6) is 0.158. The summed E-state index contributed by atoms with van der Waals surface area (Å²) < 4.78 is 4.77. The Kier molecular flexibility index (Phi) is 5.16. The first kappa shape index (κ1) is 19.9. The van der Waals surface area contributed by atoms with Crippen LogP contribution in [0.3, 0.4) is 0 Å². The molecule has 0 saturated heterocycles. The first-order chi connectivity index (χ1) is 14.4. The normalized spacial score (nSPS) is 11.5. The summed E-state index contributed by atoms with van der Waals surface area (Å²) >= 11 is 0. The standard InChI is InChI=1S/C24H26N4O2/c1-16(2)13-27-23(29)21-22(28(24(27)30)20-12-8-6-10-18(20)4)25-15-26(21)14-19-11-7-5-9-17(19)3/h5-12,15-16H,13-14H2,1-4H3. The van der Waals surface area contributed by atoms with Gasteiger partial charge in [0.2, 0.25) is 0 Å². The van der Waals surface area contributed by atoms with Gasteiger partial charge in [-0.3, -0.25) is 9.36 Å². The lowest BCUT2D eigenvalue weighted by Gasteiger charge is -2.15. The molecule has 0 fully saturated rings. The maximum absolute atomic E-state index is 13.4. The smallest absolute Gasteiger partial charge is 0.320 e. The summed E-state index contributed by atoms with van der Waals surface area (Å²) in [5, 5.41) is 0. The van der Waals surface area contributed by atoms with Crippen LogP contribution in [0.1, 0.15) is 30.5 Å². The zero-order chi connectivity index (χ0) is 21.4. The molecule has 0 radical (unpaired) electrons. The lowest BCUT2D eigenvalue weighted by molar-refractivity contribution is 0.488. The Morgan fingerprint density at radius 3 is 2.27 bits per heavy atom. The van der Waals surface area contributed by atoms with Crippen molar-refractivity contribution in [2.75, 3.05) is 0 Å². The molecule has 0 unspecified atom stereocenters. The van der Waals surface area contributed by atoms with Gasteiger partial charge in [0.1, 0.15) is 0 Å². The number of aryl methyl sites for hydroxylation is 2. The van der Waals surface area contributed by atoms with E-state index in [1.54, 1.807) is 10.9 Å². The van der Waals surface area contributed by atoms with Crippen LogP contribution in [0.25, 0.3) is 16.9 Å². The topological polar surface area (TPSA) is 61.8 Å². The van der Waals surface area contributed by atoms with Crippen LogP contribution in [-0.4, -0.2) is 18.7 Å². The molecule has 154 valence electrons. The van der Waals surface area contributed by atoms with Gasteiger partial charge < -0.3 is 4.57 Å². The summed E-state index contributed by atoms with van der Waals surface area (Å²) in [6.45, 7) is 8.88. The fourth-order valence-corrected chi connectivity index (χ4v) is 3.83. The van der Waals surface area contributed by atoms with Crippen molar-refractivity contribution in [2.45, 2.75) is 40.8 Å². The third-order valence-electron chi connectivity index (χ3n) is 5.41. The van der Waals surface area contributed by atoms with E-state index in [2.05, 4.69) is 18.0 Å². The minimum Gasteiger partial charge on any atom is -0.320 e. The van der Waals surface area contributed by atoms with E-state index in [0.717, 1.165) is 22.4 Å². The van der Waals surface area contributed by atoms with Crippen LogP contribution in [0, 0.1) is 19.8 Å². The van der Waals surface area contributed by atoms with E-state index in [4.69, 9.17) is 0 Å². The summed E-state index contributed by atoms with van der Waals surface area (Å²) in [6, 6.07) is 15.7. The Morgan fingerprint density at radius 2 is 1.60 bits per heavy atom. The van der Waals surface area contributed by atoms with Crippen molar-refractivity contribution in [2.24, 2.45) is 5.92 Å². The van der Waals surface area contributed by atoms with E-state index in [1.807, 2.05) is 67.8 Å². The Labute approximate surface area is 175 Å². The number of nitrogens with zero attached hydrogens (tertiary/aromatic N) is 4. The van der Waals surface area contributed by atoms with Gasteiger partial charge in [0.15, 0.2) is 11.2 Å². The van der Waals surface area contributed by atoms with Crippen LogP contribution in [0.4, 0.5) is 0 Å². The summed E-state index contributed by atoms with van der Waals surface area (Å²) in [6.07, 6.45) is 1.66. The monoisotopic (exact) mass is 402 g/mol. The Balaban J connectivity index is 2.04. The van der Waals surface area contributed by atoms with Crippen molar-refractivity contribution in [1.82, 2.24) is 18.7 Å². The molecule has 0 bridgehead atoms. The number of hydrogen-bond donors (Lipinski definition) is 0. The molecular formula is C24H26N4O2. The van der Waals surface area contributed by atoms with Gasteiger partial charge in [-0.05, 0) is 42.5 Å². The molecule has 2 aromatic heterocycles. The van der Waals surface area contributed by atoms with E-state index in [-0.39, 0.29) is 17.2 Å².